The fourth-order valence-corrected chi connectivity index (χ4v) is 1.74. The van der Waals surface area contributed by atoms with Crippen molar-refractivity contribution < 1.29 is 9.63 Å². The molecule has 3 heteroatoms. The molecule has 0 aliphatic carbocycles. The molecule has 1 heterocycles. The van der Waals surface area contributed by atoms with Crippen LogP contribution in [-0.4, -0.2) is 5.91 Å². The van der Waals surface area contributed by atoms with Crippen molar-refractivity contribution in [3.8, 4) is 5.75 Å². The second kappa shape index (κ2) is 2.48. The van der Waals surface area contributed by atoms with Gasteiger partial charge in [-0.2, -0.15) is 5.48 Å². The van der Waals surface area contributed by atoms with Crippen molar-refractivity contribution in [2.75, 3.05) is 0 Å². The molecule has 3 nitrogen and oxygen atoms in total. The van der Waals surface area contributed by atoms with Crippen LogP contribution in [0.1, 0.15) is 10.4 Å². The SMILES string of the molecule is O=C1NOc2cccc3cccc1c23. The molecule has 0 fully saturated rings. The molecule has 0 aromatic heterocycles. The Morgan fingerprint density at radius 3 is 2.71 bits per heavy atom. The van der Waals surface area contributed by atoms with E-state index < -0.39 is 0 Å². The number of nitrogens with one attached hydrogen (secondary N) is 1. The standard InChI is InChI=1S/C11H7NO2/c13-11-8-5-1-3-7-4-2-6-9(10(7)8)14-12-11/h1-6H,(H,12,13). The van der Waals surface area contributed by atoms with E-state index in [0.29, 0.717) is 11.3 Å². The van der Waals surface area contributed by atoms with Gasteiger partial charge in [-0.05, 0) is 17.5 Å². The number of benzene rings is 2. The highest BCUT2D eigenvalue weighted by Crippen LogP contribution is 2.30. The van der Waals surface area contributed by atoms with E-state index in [-0.39, 0.29) is 5.91 Å². The molecule has 0 saturated carbocycles. The summed E-state index contributed by atoms with van der Waals surface area (Å²) < 4.78 is 0. The van der Waals surface area contributed by atoms with Gasteiger partial charge in [-0.3, -0.25) is 4.79 Å². The zero-order chi connectivity index (χ0) is 9.54. The van der Waals surface area contributed by atoms with Crippen LogP contribution in [0.2, 0.25) is 0 Å². The lowest BCUT2D eigenvalue weighted by atomic mass is 10.0. The van der Waals surface area contributed by atoms with Crippen LogP contribution in [-0.2, 0) is 0 Å². The second-order valence-electron chi connectivity index (χ2n) is 3.19. The van der Waals surface area contributed by atoms with Gasteiger partial charge in [0.15, 0.2) is 5.75 Å². The van der Waals surface area contributed by atoms with Crippen molar-refractivity contribution in [1.82, 2.24) is 5.48 Å². The molecule has 1 aliphatic heterocycles. The molecular weight excluding hydrogens is 178 g/mol. The lowest BCUT2D eigenvalue weighted by Crippen LogP contribution is -2.30. The zero-order valence-corrected chi connectivity index (χ0v) is 7.28. The van der Waals surface area contributed by atoms with E-state index in [1.807, 2.05) is 30.3 Å². The lowest BCUT2D eigenvalue weighted by Gasteiger charge is -2.17. The minimum atomic E-state index is -0.186. The maximum atomic E-state index is 11.4. The maximum absolute atomic E-state index is 11.4. The number of hydrogen-bond acceptors (Lipinski definition) is 2. The Kier molecular flexibility index (Phi) is 1.31. The summed E-state index contributed by atoms with van der Waals surface area (Å²) in [6.07, 6.45) is 0. The topological polar surface area (TPSA) is 38.3 Å². The molecule has 0 atom stereocenters. The van der Waals surface area contributed by atoms with Crippen molar-refractivity contribution >= 4 is 16.7 Å². The summed E-state index contributed by atoms with van der Waals surface area (Å²) in [6, 6.07) is 11.3. The number of carbonyl (C=O) groups is 1. The van der Waals surface area contributed by atoms with Crippen molar-refractivity contribution in [1.29, 1.82) is 0 Å². The van der Waals surface area contributed by atoms with Crippen molar-refractivity contribution in [3.05, 3.63) is 42.0 Å². The van der Waals surface area contributed by atoms with Gasteiger partial charge in [-0.15, -0.1) is 0 Å². The fraction of sp³-hybridized carbons (Fsp3) is 0. The van der Waals surface area contributed by atoms with Crippen LogP contribution in [0.15, 0.2) is 36.4 Å². The highest BCUT2D eigenvalue weighted by molar-refractivity contribution is 6.10. The van der Waals surface area contributed by atoms with Crippen LogP contribution in [0.5, 0.6) is 5.75 Å². The molecule has 2 aromatic rings. The van der Waals surface area contributed by atoms with Crippen LogP contribution >= 0.6 is 0 Å². The first-order valence-corrected chi connectivity index (χ1v) is 4.35. The Labute approximate surface area is 80.3 Å². The predicted molar refractivity (Wildman–Crippen MR) is 52.0 cm³/mol. The van der Waals surface area contributed by atoms with Gasteiger partial charge >= 0.3 is 0 Å². The number of rotatable bonds is 0. The Morgan fingerprint density at radius 1 is 1.07 bits per heavy atom. The van der Waals surface area contributed by atoms with E-state index >= 15 is 0 Å². The van der Waals surface area contributed by atoms with Crippen LogP contribution in [0.3, 0.4) is 0 Å². The van der Waals surface area contributed by atoms with Gasteiger partial charge in [0.2, 0.25) is 0 Å². The minimum Gasteiger partial charge on any atom is -0.379 e. The van der Waals surface area contributed by atoms with Gasteiger partial charge in [-0.25, -0.2) is 0 Å². The fourth-order valence-electron chi connectivity index (χ4n) is 1.74. The molecule has 2 aromatic carbocycles. The van der Waals surface area contributed by atoms with Crippen LogP contribution in [0.4, 0.5) is 0 Å². The first-order chi connectivity index (χ1) is 6.86. The molecule has 1 aliphatic rings. The molecule has 68 valence electrons. The number of hydroxylamine groups is 1. The monoisotopic (exact) mass is 185 g/mol. The van der Waals surface area contributed by atoms with Gasteiger partial charge in [0.1, 0.15) is 0 Å². The minimum absolute atomic E-state index is 0.186. The summed E-state index contributed by atoms with van der Waals surface area (Å²) in [5.74, 6) is 0.520. The van der Waals surface area contributed by atoms with E-state index in [9.17, 15) is 4.79 Å². The summed E-state index contributed by atoms with van der Waals surface area (Å²) in [6.45, 7) is 0. The second-order valence-corrected chi connectivity index (χ2v) is 3.19. The predicted octanol–water partition coefficient (Wildman–Crippen LogP) is 1.88. The van der Waals surface area contributed by atoms with E-state index in [1.165, 1.54) is 0 Å². The van der Waals surface area contributed by atoms with Gasteiger partial charge in [0.25, 0.3) is 5.91 Å². The van der Waals surface area contributed by atoms with E-state index in [4.69, 9.17) is 4.84 Å². The average molecular weight is 185 g/mol. The molecule has 1 amide bonds. The summed E-state index contributed by atoms with van der Waals surface area (Å²) in [7, 11) is 0. The van der Waals surface area contributed by atoms with E-state index in [1.54, 1.807) is 6.07 Å². The number of amides is 1. The zero-order valence-electron chi connectivity index (χ0n) is 7.28. The third-order valence-electron chi connectivity index (χ3n) is 2.36. The molecule has 14 heavy (non-hydrogen) atoms. The first-order valence-electron chi connectivity index (χ1n) is 4.35. The molecule has 1 N–H and O–H groups in total. The quantitative estimate of drug-likeness (QED) is 0.680. The van der Waals surface area contributed by atoms with Crippen molar-refractivity contribution in [3.63, 3.8) is 0 Å². The molecule has 3 rings (SSSR count). The molecule has 0 bridgehead atoms. The molecular formula is C11H7NO2. The van der Waals surface area contributed by atoms with E-state index in [0.717, 1.165) is 10.8 Å². The maximum Gasteiger partial charge on any atom is 0.284 e. The lowest BCUT2D eigenvalue weighted by molar-refractivity contribution is 0.0749. The Morgan fingerprint density at radius 2 is 1.86 bits per heavy atom. The van der Waals surface area contributed by atoms with Gasteiger partial charge in [0, 0.05) is 5.39 Å². The van der Waals surface area contributed by atoms with Gasteiger partial charge in [-0.1, -0.05) is 24.3 Å². The highest BCUT2D eigenvalue weighted by Gasteiger charge is 2.18. The van der Waals surface area contributed by atoms with Crippen LogP contribution in [0, 0.1) is 0 Å². The van der Waals surface area contributed by atoms with Crippen molar-refractivity contribution in [2.45, 2.75) is 0 Å². The van der Waals surface area contributed by atoms with E-state index in [2.05, 4.69) is 5.48 Å². The summed E-state index contributed by atoms with van der Waals surface area (Å²) in [5.41, 5.74) is 3.03. The van der Waals surface area contributed by atoms with Crippen LogP contribution in [0.25, 0.3) is 10.8 Å². The summed E-state index contributed by atoms with van der Waals surface area (Å²) in [4.78, 5) is 16.5. The Balaban J connectivity index is 2.52. The third-order valence-corrected chi connectivity index (χ3v) is 2.36. The van der Waals surface area contributed by atoms with Gasteiger partial charge < -0.3 is 4.84 Å². The molecule has 0 spiro atoms. The first kappa shape index (κ1) is 7.38. The molecule has 0 unspecified atom stereocenters. The largest absolute Gasteiger partial charge is 0.379 e. The summed E-state index contributed by atoms with van der Waals surface area (Å²) >= 11 is 0. The summed E-state index contributed by atoms with van der Waals surface area (Å²) in [5, 5.41) is 1.91. The molecule has 0 radical (unpaired) electrons. The molecule has 0 saturated heterocycles. The highest BCUT2D eigenvalue weighted by atomic mass is 16.7. The smallest absolute Gasteiger partial charge is 0.284 e. The van der Waals surface area contributed by atoms with Crippen LogP contribution < -0.4 is 10.3 Å². The number of hydrogen-bond donors (Lipinski definition) is 1. The average Bonchev–Trinajstić information content (AvgIpc) is 2.24. The van der Waals surface area contributed by atoms with Crippen molar-refractivity contribution in [2.24, 2.45) is 0 Å². The number of carbonyl (C=O) groups excluding carboxylic acids is 1. The Hall–Kier alpha value is -2.03. The third kappa shape index (κ3) is 0.836. The Bertz CT molecular complexity index is 529. The van der Waals surface area contributed by atoms with Gasteiger partial charge in [0.05, 0.1) is 5.56 Å². The normalized spacial score (nSPS) is 13.6.